The number of benzene rings is 2. The molecule has 0 saturated heterocycles. The molecule has 3 rings (SSSR count). The molecule has 1 aliphatic rings. The van der Waals surface area contributed by atoms with Crippen LogP contribution in [0.15, 0.2) is 36.4 Å². The highest BCUT2D eigenvalue weighted by Crippen LogP contribution is 2.40. The average Bonchev–Trinajstić information content (AvgIpc) is 2.60. The quantitative estimate of drug-likeness (QED) is 0.731. The van der Waals surface area contributed by atoms with Crippen molar-refractivity contribution in [3.05, 3.63) is 58.4 Å². The van der Waals surface area contributed by atoms with Crippen LogP contribution in [0.5, 0.6) is 0 Å². The molecule has 0 aromatic heterocycles. The molecular formula is C19H23ClFN3O2S. The van der Waals surface area contributed by atoms with Gasteiger partial charge in [0, 0.05) is 18.1 Å². The van der Waals surface area contributed by atoms with Crippen LogP contribution < -0.4 is 9.62 Å². The van der Waals surface area contributed by atoms with Gasteiger partial charge in [-0.05, 0) is 74.8 Å². The van der Waals surface area contributed by atoms with E-state index in [0.29, 0.717) is 23.7 Å². The van der Waals surface area contributed by atoms with Crippen LogP contribution in [0, 0.1) is 12.7 Å². The van der Waals surface area contributed by atoms with Crippen LogP contribution in [0.25, 0.3) is 0 Å². The second kappa shape index (κ2) is 8.14. The van der Waals surface area contributed by atoms with Crippen molar-refractivity contribution >= 4 is 33.2 Å². The van der Waals surface area contributed by atoms with E-state index in [0.717, 1.165) is 28.4 Å². The Morgan fingerprint density at radius 1 is 1.15 bits per heavy atom. The second-order valence-electron chi connectivity index (χ2n) is 6.64. The fourth-order valence-electron chi connectivity index (χ4n) is 3.21. The summed E-state index contributed by atoms with van der Waals surface area (Å²) < 4.78 is 43.8. The number of rotatable bonds is 6. The highest BCUT2D eigenvalue weighted by atomic mass is 35.5. The van der Waals surface area contributed by atoms with Crippen molar-refractivity contribution in [1.82, 2.24) is 9.62 Å². The third kappa shape index (κ3) is 4.11. The molecule has 146 valence electrons. The SMILES string of the molecule is CNCCCCN1Cc2cc(Cl)ccc2N(c2ccc(C)cc2F)S1(=O)=O. The van der Waals surface area contributed by atoms with E-state index in [1.807, 2.05) is 7.05 Å². The highest BCUT2D eigenvalue weighted by molar-refractivity contribution is 7.90. The molecular weight excluding hydrogens is 389 g/mol. The zero-order valence-corrected chi connectivity index (χ0v) is 16.9. The van der Waals surface area contributed by atoms with Gasteiger partial charge in [-0.2, -0.15) is 12.7 Å². The van der Waals surface area contributed by atoms with Gasteiger partial charge in [0.25, 0.3) is 0 Å². The van der Waals surface area contributed by atoms with Crippen LogP contribution in [-0.4, -0.2) is 32.9 Å². The summed E-state index contributed by atoms with van der Waals surface area (Å²) in [5, 5.41) is 3.57. The summed E-state index contributed by atoms with van der Waals surface area (Å²) in [4.78, 5) is 0. The maximum absolute atomic E-state index is 14.7. The molecule has 0 radical (unpaired) electrons. The van der Waals surface area contributed by atoms with E-state index in [4.69, 9.17) is 11.6 Å². The largest absolute Gasteiger partial charge is 0.320 e. The lowest BCUT2D eigenvalue weighted by Crippen LogP contribution is -2.46. The number of hydrogen-bond donors (Lipinski definition) is 1. The van der Waals surface area contributed by atoms with Gasteiger partial charge in [0.15, 0.2) is 0 Å². The number of nitrogens with zero attached hydrogens (tertiary/aromatic N) is 2. The first-order valence-corrected chi connectivity index (χ1v) is 10.6. The van der Waals surface area contributed by atoms with Gasteiger partial charge in [-0.15, -0.1) is 0 Å². The zero-order chi connectivity index (χ0) is 19.6. The molecule has 0 amide bonds. The molecule has 0 fully saturated rings. The normalized spacial score (nSPS) is 16.4. The van der Waals surface area contributed by atoms with Gasteiger partial charge >= 0.3 is 10.2 Å². The summed E-state index contributed by atoms with van der Waals surface area (Å²) in [5.74, 6) is -0.573. The number of unbranched alkanes of at least 4 members (excludes halogenated alkanes) is 1. The summed E-state index contributed by atoms with van der Waals surface area (Å²) in [5.41, 5.74) is 1.94. The molecule has 0 atom stereocenters. The molecule has 0 spiro atoms. The van der Waals surface area contributed by atoms with E-state index >= 15 is 0 Å². The molecule has 0 aliphatic carbocycles. The van der Waals surface area contributed by atoms with Crippen molar-refractivity contribution in [3.8, 4) is 0 Å². The van der Waals surface area contributed by atoms with Gasteiger partial charge in [0.05, 0.1) is 11.4 Å². The van der Waals surface area contributed by atoms with Crippen molar-refractivity contribution < 1.29 is 12.8 Å². The van der Waals surface area contributed by atoms with Crippen LogP contribution in [-0.2, 0) is 16.8 Å². The Labute approximate surface area is 164 Å². The van der Waals surface area contributed by atoms with Crippen molar-refractivity contribution in [3.63, 3.8) is 0 Å². The minimum Gasteiger partial charge on any atom is -0.320 e. The van der Waals surface area contributed by atoms with Crippen molar-refractivity contribution in [1.29, 1.82) is 0 Å². The molecule has 5 nitrogen and oxygen atoms in total. The number of fused-ring (bicyclic) bond motifs is 1. The third-order valence-corrected chi connectivity index (χ3v) is 6.62. The zero-order valence-electron chi connectivity index (χ0n) is 15.4. The highest BCUT2D eigenvalue weighted by Gasteiger charge is 2.38. The van der Waals surface area contributed by atoms with Gasteiger partial charge in [0.1, 0.15) is 5.82 Å². The molecule has 8 heteroatoms. The number of halogens is 2. The number of anilines is 2. The van der Waals surface area contributed by atoms with Gasteiger partial charge in [-0.25, -0.2) is 8.70 Å². The number of nitrogens with one attached hydrogen (secondary N) is 1. The van der Waals surface area contributed by atoms with Gasteiger partial charge < -0.3 is 5.32 Å². The number of hydrogen-bond acceptors (Lipinski definition) is 3. The van der Waals surface area contributed by atoms with Crippen molar-refractivity contribution in [2.75, 3.05) is 24.4 Å². The van der Waals surface area contributed by atoms with Crippen LogP contribution in [0.2, 0.25) is 5.02 Å². The Bertz CT molecular complexity index is 937. The van der Waals surface area contributed by atoms with Crippen LogP contribution in [0.3, 0.4) is 0 Å². The summed E-state index contributed by atoms with van der Waals surface area (Å²) in [6.45, 7) is 3.16. The van der Waals surface area contributed by atoms with Gasteiger partial charge in [-0.1, -0.05) is 17.7 Å². The summed E-state index contributed by atoms with van der Waals surface area (Å²) >= 11 is 6.12. The molecule has 0 unspecified atom stereocenters. The fourth-order valence-corrected chi connectivity index (χ4v) is 5.12. The minimum absolute atomic E-state index is 0.0177. The smallest absolute Gasteiger partial charge is 0.308 e. The Morgan fingerprint density at radius 3 is 2.59 bits per heavy atom. The summed E-state index contributed by atoms with van der Waals surface area (Å²) in [7, 11) is -2.04. The van der Waals surface area contributed by atoms with E-state index in [2.05, 4.69) is 5.32 Å². The average molecular weight is 412 g/mol. The standard InChI is InChI=1S/C19H23ClFN3O2S/c1-14-5-7-19(17(21)11-14)24-18-8-6-16(20)12-15(18)13-23(27(24,25)26)10-4-3-9-22-2/h5-8,11-12,22H,3-4,9-10,13H2,1-2H3. The molecule has 2 aromatic rings. The summed E-state index contributed by atoms with van der Waals surface area (Å²) in [6, 6.07) is 9.54. The lowest BCUT2D eigenvalue weighted by molar-refractivity contribution is 0.388. The van der Waals surface area contributed by atoms with E-state index < -0.39 is 16.0 Å². The molecule has 27 heavy (non-hydrogen) atoms. The fraction of sp³-hybridized carbons (Fsp3) is 0.368. The van der Waals surface area contributed by atoms with Crippen molar-refractivity contribution in [2.24, 2.45) is 0 Å². The van der Waals surface area contributed by atoms with Crippen LogP contribution in [0.1, 0.15) is 24.0 Å². The van der Waals surface area contributed by atoms with Crippen molar-refractivity contribution in [2.45, 2.75) is 26.3 Å². The number of aryl methyl sites for hydroxylation is 1. The summed E-state index contributed by atoms with van der Waals surface area (Å²) in [6.07, 6.45) is 1.56. The Morgan fingerprint density at radius 2 is 1.89 bits per heavy atom. The third-order valence-electron chi connectivity index (χ3n) is 4.57. The first-order valence-electron chi connectivity index (χ1n) is 8.84. The first kappa shape index (κ1) is 20.1. The van der Waals surface area contributed by atoms with E-state index in [1.54, 1.807) is 31.2 Å². The van der Waals surface area contributed by atoms with E-state index in [1.165, 1.54) is 16.4 Å². The Hall–Kier alpha value is -1.67. The van der Waals surface area contributed by atoms with E-state index in [9.17, 15) is 12.8 Å². The maximum Gasteiger partial charge on any atom is 0.308 e. The Kier molecular flexibility index (Phi) is 6.05. The van der Waals surface area contributed by atoms with Gasteiger partial charge in [-0.3, -0.25) is 0 Å². The van der Waals surface area contributed by atoms with E-state index in [-0.39, 0.29) is 12.2 Å². The molecule has 2 aromatic carbocycles. The van der Waals surface area contributed by atoms with Crippen LogP contribution in [0.4, 0.5) is 15.8 Å². The van der Waals surface area contributed by atoms with Gasteiger partial charge in [0.2, 0.25) is 0 Å². The molecule has 1 aliphatic heterocycles. The maximum atomic E-state index is 14.7. The lowest BCUT2D eigenvalue weighted by Gasteiger charge is -2.37. The lowest BCUT2D eigenvalue weighted by atomic mass is 10.1. The second-order valence-corrected chi connectivity index (χ2v) is 8.86. The molecule has 0 saturated carbocycles. The molecule has 1 N–H and O–H groups in total. The topological polar surface area (TPSA) is 52.6 Å². The Balaban J connectivity index is 2.06. The van der Waals surface area contributed by atoms with Crippen LogP contribution >= 0.6 is 11.6 Å². The minimum atomic E-state index is -3.90. The first-order chi connectivity index (χ1) is 12.8. The molecule has 0 bridgehead atoms. The molecule has 1 heterocycles. The predicted octanol–water partition coefficient (Wildman–Crippen LogP) is 3.99. The predicted molar refractivity (Wildman–Crippen MR) is 107 cm³/mol. The monoisotopic (exact) mass is 411 g/mol.